The fraction of sp³-hybridized carbons (Fsp3) is 0.312. The van der Waals surface area contributed by atoms with Gasteiger partial charge in [0.1, 0.15) is 0 Å². The van der Waals surface area contributed by atoms with E-state index in [9.17, 15) is 8.42 Å². The molecule has 1 aromatic heterocycles. The van der Waals surface area contributed by atoms with Crippen LogP contribution < -0.4 is 4.72 Å². The van der Waals surface area contributed by atoms with E-state index in [2.05, 4.69) is 9.71 Å². The number of hydrogen-bond donors (Lipinski definition) is 1. The van der Waals surface area contributed by atoms with E-state index < -0.39 is 15.6 Å². The van der Waals surface area contributed by atoms with Crippen molar-refractivity contribution in [3.8, 4) is 0 Å². The van der Waals surface area contributed by atoms with Crippen LogP contribution in [0.5, 0.6) is 0 Å². The zero-order chi connectivity index (χ0) is 15.7. The number of nitrogens with one attached hydrogen (secondary N) is 1. The van der Waals surface area contributed by atoms with Crippen LogP contribution in [-0.4, -0.2) is 13.4 Å². The molecular formula is C16H20N2O2S. The van der Waals surface area contributed by atoms with Crippen LogP contribution in [0.2, 0.25) is 0 Å². The minimum absolute atomic E-state index is 0.312. The number of benzene rings is 1. The van der Waals surface area contributed by atoms with Crippen molar-refractivity contribution in [3.63, 3.8) is 0 Å². The molecule has 1 heterocycles. The fourth-order valence-electron chi connectivity index (χ4n) is 2.17. The second-order valence-electron chi connectivity index (χ2n) is 5.71. The molecule has 0 saturated carbocycles. The molecule has 2 rings (SSSR count). The van der Waals surface area contributed by atoms with Gasteiger partial charge in [-0.3, -0.25) is 4.98 Å². The van der Waals surface area contributed by atoms with Gasteiger partial charge in [0, 0.05) is 6.20 Å². The van der Waals surface area contributed by atoms with Crippen molar-refractivity contribution in [2.75, 3.05) is 0 Å². The van der Waals surface area contributed by atoms with Gasteiger partial charge in [0.25, 0.3) is 0 Å². The standard InChI is InChI=1S/C16H20N2O2S/c1-12-8-9-13(2)14(11-12)21(19,20)18-16(3,4)15-7-5-6-10-17-15/h5-11,18H,1-4H3. The van der Waals surface area contributed by atoms with E-state index in [-0.39, 0.29) is 0 Å². The zero-order valence-corrected chi connectivity index (χ0v) is 13.5. The molecule has 0 radical (unpaired) electrons. The summed E-state index contributed by atoms with van der Waals surface area (Å²) in [6.07, 6.45) is 1.66. The third kappa shape index (κ3) is 3.49. The van der Waals surface area contributed by atoms with E-state index in [0.29, 0.717) is 10.6 Å². The molecule has 1 aromatic carbocycles. The Balaban J connectivity index is 2.40. The maximum atomic E-state index is 12.7. The van der Waals surface area contributed by atoms with E-state index in [4.69, 9.17) is 0 Å². The predicted octanol–water partition coefficient (Wildman–Crippen LogP) is 2.91. The molecule has 0 saturated heterocycles. The monoisotopic (exact) mass is 304 g/mol. The van der Waals surface area contributed by atoms with Crippen LogP contribution in [0.15, 0.2) is 47.5 Å². The predicted molar refractivity (Wildman–Crippen MR) is 83.5 cm³/mol. The molecule has 0 aliphatic rings. The van der Waals surface area contributed by atoms with E-state index in [0.717, 1.165) is 11.1 Å². The van der Waals surface area contributed by atoms with Gasteiger partial charge in [-0.05, 0) is 57.0 Å². The maximum absolute atomic E-state index is 12.7. The fourth-order valence-corrected chi connectivity index (χ4v) is 3.89. The van der Waals surface area contributed by atoms with Gasteiger partial charge >= 0.3 is 0 Å². The van der Waals surface area contributed by atoms with Crippen LogP contribution in [-0.2, 0) is 15.6 Å². The average molecular weight is 304 g/mol. The molecule has 2 aromatic rings. The molecule has 0 amide bonds. The molecule has 0 aliphatic heterocycles. The van der Waals surface area contributed by atoms with Crippen molar-refractivity contribution >= 4 is 10.0 Å². The van der Waals surface area contributed by atoms with Crippen molar-refractivity contribution in [1.29, 1.82) is 0 Å². The second kappa shape index (κ2) is 5.58. The largest absolute Gasteiger partial charge is 0.259 e. The third-order valence-electron chi connectivity index (χ3n) is 3.33. The number of hydrogen-bond acceptors (Lipinski definition) is 3. The molecule has 112 valence electrons. The quantitative estimate of drug-likeness (QED) is 0.945. The van der Waals surface area contributed by atoms with Crippen LogP contribution in [0.3, 0.4) is 0 Å². The highest BCUT2D eigenvalue weighted by atomic mass is 32.2. The van der Waals surface area contributed by atoms with Crippen LogP contribution >= 0.6 is 0 Å². The van der Waals surface area contributed by atoms with Gasteiger partial charge in [-0.2, -0.15) is 4.72 Å². The summed E-state index contributed by atoms with van der Waals surface area (Å²) in [5.74, 6) is 0. The van der Waals surface area contributed by atoms with Crippen LogP contribution in [0, 0.1) is 13.8 Å². The van der Waals surface area contributed by atoms with Crippen molar-refractivity contribution in [2.24, 2.45) is 0 Å². The number of nitrogens with zero attached hydrogens (tertiary/aromatic N) is 1. The topological polar surface area (TPSA) is 59.1 Å². The molecule has 0 atom stereocenters. The van der Waals surface area contributed by atoms with Gasteiger partial charge in [-0.1, -0.05) is 18.2 Å². The van der Waals surface area contributed by atoms with Gasteiger partial charge in [-0.15, -0.1) is 0 Å². The SMILES string of the molecule is Cc1ccc(C)c(S(=O)(=O)NC(C)(C)c2ccccn2)c1. The van der Waals surface area contributed by atoms with E-state index in [1.807, 2.05) is 31.2 Å². The van der Waals surface area contributed by atoms with Gasteiger partial charge in [0.05, 0.1) is 16.1 Å². The van der Waals surface area contributed by atoms with Gasteiger partial charge in [-0.25, -0.2) is 8.42 Å². The lowest BCUT2D eigenvalue weighted by Gasteiger charge is -2.26. The highest BCUT2D eigenvalue weighted by Gasteiger charge is 2.29. The summed E-state index contributed by atoms with van der Waals surface area (Å²) < 4.78 is 28.1. The Morgan fingerprint density at radius 1 is 1.10 bits per heavy atom. The maximum Gasteiger partial charge on any atom is 0.241 e. The average Bonchev–Trinajstić information content (AvgIpc) is 2.41. The van der Waals surface area contributed by atoms with Crippen molar-refractivity contribution in [1.82, 2.24) is 9.71 Å². The molecule has 0 fully saturated rings. The molecule has 4 nitrogen and oxygen atoms in total. The Bertz CT molecular complexity index is 738. The van der Waals surface area contributed by atoms with E-state index in [1.54, 1.807) is 39.1 Å². The lowest BCUT2D eigenvalue weighted by molar-refractivity contribution is 0.460. The summed E-state index contributed by atoms with van der Waals surface area (Å²) in [4.78, 5) is 4.55. The normalized spacial score (nSPS) is 12.4. The van der Waals surface area contributed by atoms with Crippen molar-refractivity contribution < 1.29 is 8.42 Å². The summed E-state index contributed by atoms with van der Waals surface area (Å²) >= 11 is 0. The van der Waals surface area contributed by atoms with Gasteiger partial charge in [0.2, 0.25) is 10.0 Å². The Morgan fingerprint density at radius 3 is 2.43 bits per heavy atom. The first-order chi connectivity index (χ1) is 9.72. The third-order valence-corrected chi connectivity index (χ3v) is 5.13. The van der Waals surface area contributed by atoms with Gasteiger partial charge in [0.15, 0.2) is 0 Å². The van der Waals surface area contributed by atoms with E-state index in [1.165, 1.54) is 0 Å². The Morgan fingerprint density at radius 2 is 1.81 bits per heavy atom. The summed E-state index contributed by atoms with van der Waals surface area (Å²) in [6, 6.07) is 10.9. The first kappa shape index (κ1) is 15.7. The molecular weight excluding hydrogens is 284 g/mol. The smallest absolute Gasteiger partial charge is 0.241 e. The first-order valence-electron chi connectivity index (χ1n) is 6.75. The summed E-state index contributed by atoms with van der Waals surface area (Å²) in [5, 5.41) is 0. The van der Waals surface area contributed by atoms with E-state index >= 15 is 0 Å². The number of aromatic nitrogens is 1. The van der Waals surface area contributed by atoms with Crippen molar-refractivity contribution in [2.45, 2.75) is 38.1 Å². The number of sulfonamides is 1. The minimum atomic E-state index is -3.61. The lowest BCUT2D eigenvalue weighted by Crippen LogP contribution is -2.41. The molecule has 0 bridgehead atoms. The molecule has 1 N–H and O–H groups in total. The summed E-state index contributed by atoms with van der Waals surface area (Å²) in [6.45, 7) is 7.28. The minimum Gasteiger partial charge on any atom is -0.259 e. The molecule has 0 spiro atoms. The van der Waals surface area contributed by atoms with Crippen LogP contribution in [0.25, 0.3) is 0 Å². The molecule has 0 unspecified atom stereocenters. The Kier molecular flexibility index (Phi) is 4.16. The Labute approximate surface area is 126 Å². The highest BCUT2D eigenvalue weighted by Crippen LogP contribution is 2.23. The molecule has 0 aliphatic carbocycles. The molecule has 21 heavy (non-hydrogen) atoms. The first-order valence-corrected chi connectivity index (χ1v) is 8.23. The Hall–Kier alpha value is -1.72. The molecule has 5 heteroatoms. The van der Waals surface area contributed by atoms with Crippen LogP contribution in [0.4, 0.5) is 0 Å². The zero-order valence-electron chi connectivity index (χ0n) is 12.7. The van der Waals surface area contributed by atoms with Crippen molar-refractivity contribution in [3.05, 3.63) is 59.4 Å². The second-order valence-corrected chi connectivity index (χ2v) is 7.37. The van der Waals surface area contributed by atoms with Gasteiger partial charge < -0.3 is 0 Å². The lowest BCUT2D eigenvalue weighted by atomic mass is 10.0. The number of aryl methyl sites for hydroxylation is 2. The summed E-state index contributed by atoms with van der Waals surface area (Å²) in [5.41, 5.74) is 1.54. The number of rotatable bonds is 4. The summed E-state index contributed by atoms with van der Waals surface area (Å²) in [7, 11) is -3.61. The van der Waals surface area contributed by atoms with Crippen LogP contribution in [0.1, 0.15) is 30.7 Å². The highest BCUT2D eigenvalue weighted by molar-refractivity contribution is 7.89. The number of pyridine rings is 1.